The summed E-state index contributed by atoms with van der Waals surface area (Å²) in [7, 11) is 0. The summed E-state index contributed by atoms with van der Waals surface area (Å²) < 4.78 is 2.51. The van der Waals surface area contributed by atoms with Gasteiger partial charge in [-0.3, -0.25) is 0 Å². The molecule has 2 heteroatoms. The van der Waals surface area contributed by atoms with Gasteiger partial charge in [-0.2, -0.15) is 0 Å². The molecule has 1 saturated carbocycles. The number of benzene rings is 1. The number of rotatable bonds is 2. The molecular formula is C16H22N2. The van der Waals surface area contributed by atoms with E-state index in [9.17, 15) is 0 Å². The first-order chi connectivity index (χ1) is 8.77. The monoisotopic (exact) mass is 242 g/mol. The van der Waals surface area contributed by atoms with Crippen LogP contribution >= 0.6 is 0 Å². The van der Waals surface area contributed by atoms with Crippen LogP contribution in [0.3, 0.4) is 0 Å². The molecule has 0 radical (unpaired) electrons. The van der Waals surface area contributed by atoms with Gasteiger partial charge in [0.2, 0.25) is 0 Å². The molecule has 18 heavy (non-hydrogen) atoms. The molecule has 0 saturated heterocycles. The largest absolute Gasteiger partial charge is 0.340 e. The Kier molecular flexibility index (Phi) is 3.13. The van der Waals surface area contributed by atoms with Gasteiger partial charge in [0.15, 0.2) is 0 Å². The smallest absolute Gasteiger partial charge is 0.0485 e. The third-order valence-electron chi connectivity index (χ3n) is 4.18. The maximum Gasteiger partial charge on any atom is 0.0485 e. The Morgan fingerprint density at radius 1 is 1.17 bits per heavy atom. The molecule has 96 valence electrons. The highest BCUT2D eigenvalue weighted by molar-refractivity contribution is 5.81. The Morgan fingerprint density at radius 2 is 1.89 bits per heavy atom. The summed E-state index contributed by atoms with van der Waals surface area (Å²) in [5, 5.41) is 1.33. The van der Waals surface area contributed by atoms with Gasteiger partial charge in [0.05, 0.1) is 0 Å². The minimum atomic E-state index is 0.110. The van der Waals surface area contributed by atoms with Crippen LogP contribution in [0.15, 0.2) is 30.3 Å². The van der Waals surface area contributed by atoms with E-state index in [-0.39, 0.29) is 6.04 Å². The fraction of sp³-hybridized carbons (Fsp3) is 0.500. The van der Waals surface area contributed by atoms with Crippen LogP contribution in [0.2, 0.25) is 0 Å². The molecule has 2 nitrogen and oxygen atoms in total. The van der Waals surface area contributed by atoms with E-state index in [2.05, 4.69) is 41.8 Å². The molecule has 1 aliphatic carbocycles. The first-order valence-corrected chi connectivity index (χ1v) is 7.13. The second kappa shape index (κ2) is 4.77. The summed E-state index contributed by atoms with van der Waals surface area (Å²) >= 11 is 0. The quantitative estimate of drug-likeness (QED) is 0.842. The van der Waals surface area contributed by atoms with E-state index in [1.54, 1.807) is 0 Å². The van der Waals surface area contributed by atoms with Crippen molar-refractivity contribution >= 4 is 10.9 Å². The number of para-hydroxylation sites is 1. The van der Waals surface area contributed by atoms with Crippen molar-refractivity contribution < 1.29 is 0 Å². The van der Waals surface area contributed by atoms with Crippen molar-refractivity contribution in [1.82, 2.24) is 4.57 Å². The molecule has 2 N–H and O–H groups in total. The van der Waals surface area contributed by atoms with Crippen LogP contribution in [-0.4, -0.2) is 4.57 Å². The van der Waals surface area contributed by atoms with Crippen molar-refractivity contribution in [3.63, 3.8) is 0 Å². The molecular weight excluding hydrogens is 220 g/mol. The van der Waals surface area contributed by atoms with Gasteiger partial charge in [0.25, 0.3) is 0 Å². The van der Waals surface area contributed by atoms with E-state index < -0.39 is 0 Å². The molecule has 1 heterocycles. The fourth-order valence-corrected chi connectivity index (χ4v) is 3.29. The van der Waals surface area contributed by atoms with Gasteiger partial charge < -0.3 is 10.3 Å². The summed E-state index contributed by atoms with van der Waals surface area (Å²) in [6.45, 7) is 2.09. The van der Waals surface area contributed by atoms with Gasteiger partial charge in [-0.05, 0) is 37.3 Å². The Labute approximate surface area is 109 Å². The van der Waals surface area contributed by atoms with E-state index in [4.69, 9.17) is 5.73 Å². The van der Waals surface area contributed by atoms with Gasteiger partial charge in [-0.15, -0.1) is 0 Å². The van der Waals surface area contributed by atoms with Crippen LogP contribution in [0.25, 0.3) is 10.9 Å². The van der Waals surface area contributed by atoms with Gasteiger partial charge in [0.1, 0.15) is 0 Å². The summed E-state index contributed by atoms with van der Waals surface area (Å²) in [4.78, 5) is 0. The first kappa shape index (κ1) is 11.8. The predicted molar refractivity (Wildman–Crippen MR) is 76.7 cm³/mol. The Balaban J connectivity index is 2.14. The normalized spacial score (nSPS) is 19.2. The molecule has 1 aliphatic rings. The average Bonchev–Trinajstić information content (AvgIpc) is 2.79. The second-order valence-electron chi connectivity index (χ2n) is 5.58. The van der Waals surface area contributed by atoms with Crippen molar-refractivity contribution in [2.75, 3.05) is 0 Å². The van der Waals surface area contributed by atoms with Gasteiger partial charge >= 0.3 is 0 Å². The molecule has 0 aliphatic heterocycles. The molecule has 1 fully saturated rings. The molecule has 2 aromatic rings. The van der Waals surface area contributed by atoms with Crippen LogP contribution in [-0.2, 0) is 0 Å². The van der Waals surface area contributed by atoms with Gasteiger partial charge in [-0.25, -0.2) is 0 Å². The van der Waals surface area contributed by atoms with E-state index in [0.717, 1.165) is 0 Å². The lowest BCUT2D eigenvalue weighted by atomic mass is 9.95. The number of nitrogens with zero attached hydrogens (tertiary/aromatic N) is 1. The van der Waals surface area contributed by atoms with Crippen LogP contribution in [0.1, 0.15) is 56.8 Å². The molecule has 1 unspecified atom stereocenters. The number of nitrogens with two attached hydrogens (primary N) is 1. The van der Waals surface area contributed by atoms with Crippen molar-refractivity contribution in [2.24, 2.45) is 5.73 Å². The van der Waals surface area contributed by atoms with E-state index in [0.29, 0.717) is 6.04 Å². The van der Waals surface area contributed by atoms with Gasteiger partial charge in [0, 0.05) is 23.3 Å². The topological polar surface area (TPSA) is 30.9 Å². The Hall–Kier alpha value is -1.28. The number of hydrogen-bond donors (Lipinski definition) is 1. The van der Waals surface area contributed by atoms with Crippen LogP contribution < -0.4 is 5.73 Å². The third kappa shape index (κ3) is 1.95. The van der Waals surface area contributed by atoms with E-state index in [1.165, 1.54) is 48.7 Å². The molecule has 1 aromatic carbocycles. The lowest BCUT2D eigenvalue weighted by Gasteiger charge is -2.27. The maximum absolute atomic E-state index is 6.16. The zero-order valence-corrected chi connectivity index (χ0v) is 11.1. The standard InChI is InChI=1S/C16H22N2/c1-12(17)16-11-13-7-5-6-10-15(13)18(16)14-8-3-2-4-9-14/h5-7,10-12,14H,2-4,8-9,17H2,1H3. The van der Waals surface area contributed by atoms with Crippen molar-refractivity contribution in [3.05, 3.63) is 36.0 Å². The molecule has 1 atom stereocenters. The zero-order valence-electron chi connectivity index (χ0n) is 11.1. The summed E-state index contributed by atoms with van der Waals surface area (Å²) in [6, 6.07) is 11.7. The Morgan fingerprint density at radius 3 is 2.61 bits per heavy atom. The number of aromatic nitrogens is 1. The third-order valence-corrected chi connectivity index (χ3v) is 4.18. The van der Waals surface area contributed by atoms with Crippen LogP contribution in [0, 0.1) is 0 Å². The fourth-order valence-electron chi connectivity index (χ4n) is 3.29. The highest BCUT2D eigenvalue weighted by Crippen LogP contribution is 2.35. The molecule has 0 amide bonds. The SMILES string of the molecule is CC(N)c1cc2ccccc2n1C1CCCCC1. The second-order valence-corrected chi connectivity index (χ2v) is 5.58. The molecule has 1 aromatic heterocycles. The van der Waals surface area contributed by atoms with Crippen LogP contribution in [0.5, 0.6) is 0 Å². The highest BCUT2D eigenvalue weighted by Gasteiger charge is 2.21. The number of fused-ring (bicyclic) bond motifs is 1. The number of hydrogen-bond acceptors (Lipinski definition) is 1. The average molecular weight is 242 g/mol. The lowest BCUT2D eigenvalue weighted by molar-refractivity contribution is 0.351. The van der Waals surface area contributed by atoms with E-state index in [1.807, 2.05) is 0 Å². The maximum atomic E-state index is 6.16. The lowest BCUT2D eigenvalue weighted by Crippen LogP contribution is -2.18. The van der Waals surface area contributed by atoms with E-state index >= 15 is 0 Å². The summed E-state index contributed by atoms with van der Waals surface area (Å²) in [5.74, 6) is 0. The molecule has 0 spiro atoms. The highest BCUT2D eigenvalue weighted by atomic mass is 15.0. The Bertz CT molecular complexity index is 533. The molecule has 0 bridgehead atoms. The zero-order chi connectivity index (χ0) is 12.5. The van der Waals surface area contributed by atoms with Crippen molar-refractivity contribution in [1.29, 1.82) is 0 Å². The first-order valence-electron chi connectivity index (χ1n) is 7.13. The van der Waals surface area contributed by atoms with Gasteiger partial charge in [-0.1, -0.05) is 37.5 Å². The summed E-state index contributed by atoms with van der Waals surface area (Å²) in [6.07, 6.45) is 6.71. The summed E-state index contributed by atoms with van der Waals surface area (Å²) in [5.41, 5.74) is 8.82. The van der Waals surface area contributed by atoms with Crippen molar-refractivity contribution in [2.45, 2.75) is 51.1 Å². The predicted octanol–water partition coefficient (Wildman–Crippen LogP) is 4.17. The molecule has 3 rings (SSSR count). The minimum absolute atomic E-state index is 0.110. The minimum Gasteiger partial charge on any atom is -0.340 e. The van der Waals surface area contributed by atoms with Crippen LogP contribution in [0.4, 0.5) is 0 Å². The van der Waals surface area contributed by atoms with Crippen molar-refractivity contribution in [3.8, 4) is 0 Å².